The van der Waals surface area contributed by atoms with Crippen LogP contribution in [0.3, 0.4) is 0 Å². The van der Waals surface area contributed by atoms with Gasteiger partial charge in [0, 0.05) is 27.8 Å². The molecule has 7 heteroatoms. The maximum absolute atomic E-state index is 6.58. The predicted octanol–water partition coefficient (Wildman–Crippen LogP) is 11.6. The Kier molecular flexibility index (Phi) is 13.6. The fraction of sp³-hybridized carbons (Fsp3) is 0.727. The van der Waals surface area contributed by atoms with Gasteiger partial charge in [0.25, 0.3) is 0 Å². The number of hydrogen-bond donors (Lipinski definition) is 0. The molecule has 51 heavy (non-hydrogen) atoms. The highest BCUT2D eigenvalue weighted by molar-refractivity contribution is 6.63. The van der Waals surface area contributed by atoms with Crippen LogP contribution in [0.2, 0.25) is 0 Å². The zero-order valence-electron chi connectivity index (χ0n) is 34.3. The first kappa shape index (κ1) is 40.4. The second kappa shape index (κ2) is 17.1. The Balaban J connectivity index is 1.51. The first-order valence-electron chi connectivity index (χ1n) is 21.0. The summed E-state index contributed by atoms with van der Waals surface area (Å²) in [5.41, 5.74) is 3.24. The molecular formula is C44H71B2NO4. The summed E-state index contributed by atoms with van der Waals surface area (Å²) in [6.45, 7) is 21.7. The summed E-state index contributed by atoms with van der Waals surface area (Å²) < 4.78 is 29.0. The Labute approximate surface area is 312 Å². The Hall–Kier alpha value is -1.79. The molecule has 0 spiro atoms. The van der Waals surface area contributed by atoms with Crippen molar-refractivity contribution >= 4 is 47.0 Å². The van der Waals surface area contributed by atoms with Crippen LogP contribution in [0.5, 0.6) is 0 Å². The third kappa shape index (κ3) is 9.30. The second-order valence-electron chi connectivity index (χ2n) is 17.9. The molecule has 2 saturated heterocycles. The molecule has 1 aromatic heterocycles. The van der Waals surface area contributed by atoms with Crippen molar-refractivity contribution in [2.24, 2.45) is 0 Å². The number of rotatable bonds is 20. The molecule has 0 saturated carbocycles. The van der Waals surface area contributed by atoms with Crippen molar-refractivity contribution in [3.05, 3.63) is 36.4 Å². The van der Waals surface area contributed by atoms with Gasteiger partial charge in [-0.05, 0) is 91.3 Å². The normalized spacial score (nSPS) is 19.9. The summed E-state index contributed by atoms with van der Waals surface area (Å²) in [7, 11) is -0.777. The Bertz CT molecular complexity index is 1430. The molecule has 0 bridgehead atoms. The summed E-state index contributed by atoms with van der Waals surface area (Å²) in [5, 5.41) is 2.59. The van der Waals surface area contributed by atoms with E-state index in [9.17, 15) is 0 Å². The third-order valence-corrected chi connectivity index (χ3v) is 12.8. The van der Waals surface area contributed by atoms with Gasteiger partial charge in [-0.25, -0.2) is 0 Å². The van der Waals surface area contributed by atoms with Gasteiger partial charge in [0.15, 0.2) is 0 Å². The van der Waals surface area contributed by atoms with E-state index < -0.39 is 0 Å². The molecule has 5 rings (SSSR count). The van der Waals surface area contributed by atoms with E-state index >= 15 is 0 Å². The Morgan fingerprint density at radius 2 is 0.784 bits per heavy atom. The number of hydrogen-bond acceptors (Lipinski definition) is 4. The van der Waals surface area contributed by atoms with Crippen LogP contribution in [-0.2, 0) is 18.6 Å². The standard InChI is InChI=1S/C44H71B2NO4/c1-11-13-15-17-19-21-23-25-27-36(26-24-22-20-18-16-14-12-2)47-39-32-34(45-48-41(3,4)42(5,6)49-45)28-30-37(39)38-31-29-35(33-40(38)47)46-50-43(7,8)44(9,10)51-46/h28-33,36H,11-27H2,1-10H3. The molecule has 2 aliphatic heterocycles. The fourth-order valence-electron chi connectivity index (χ4n) is 7.98. The quantitative estimate of drug-likeness (QED) is 0.0870. The first-order chi connectivity index (χ1) is 24.2. The van der Waals surface area contributed by atoms with Crippen molar-refractivity contribution in [1.29, 1.82) is 0 Å². The molecule has 0 aliphatic carbocycles. The van der Waals surface area contributed by atoms with Crippen LogP contribution in [0.4, 0.5) is 0 Å². The van der Waals surface area contributed by atoms with Crippen molar-refractivity contribution in [2.45, 2.75) is 207 Å². The number of nitrogens with zero attached hydrogens (tertiary/aromatic N) is 1. The largest absolute Gasteiger partial charge is 0.494 e. The van der Waals surface area contributed by atoms with Crippen molar-refractivity contribution < 1.29 is 18.6 Å². The lowest BCUT2D eigenvalue weighted by Crippen LogP contribution is -2.41. The summed E-state index contributed by atoms with van der Waals surface area (Å²) in [6, 6.07) is 14.2. The highest BCUT2D eigenvalue weighted by atomic mass is 16.7. The van der Waals surface area contributed by atoms with Gasteiger partial charge in [-0.2, -0.15) is 0 Å². The number of benzene rings is 2. The van der Waals surface area contributed by atoms with Crippen LogP contribution in [0.25, 0.3) is 21.8 Å². The van der Waals surface area contributed by atoms with Gasteiger partial charge >= 0.3 is 14.2 Å². The molecule has 2 fully saturated rings. The highest BCUT2D eigenvalue weighted by Crippen LogP contribution is 2.40. The SMILES string of the molecule is CCCCCCCCCCC(CCCCCCCCC)n1c2cc(B3OC(C)(C)C(C)(C)O3)ccc2c2ccc(B3OC(C)(C)C(C)(C)O3)cc21. The maximum Gasteiger partial charge on any atom is 0.494 e. The van der Waals surface area contributed by atoms with Gasteiger partial charge in [0.05, 0.1) is 22.4 Å². The smallest absolute Gasteiger partial charge is 0.399 e. The van der Waals surface area contributed by atoms with E-state index in [1.807, 2.05) is 0 Å². The lowest BCUT2D eigenvalue weighted by Gasteiger charge is -2.32. The van der Waals surface area contributed by atoms with E-state index in [0.717, 1.165) is 10.9 Å². The maximum atomic E-state index is 6.58. The summed E-state index contributed by atoms with van der Waals surface area (Å²) in [6.07, 6.45) is 22.5. The summed E-state index contributed by atoms with van der Waals surface area (Å²) in [5.74, 6) is 0. The van der Waals surface area contributed by atoms with E-state index in [0.29, 0.717) is 6.04 Å². The topological polar surface area (TPSA) is 41.9 Å². The molecule has 2 aliphatic rings. The van der Waals surface area contributed by atoms with Crippen LogP contribution in [0.15, 0.2) is 36.4 Å². The van der Waals surface area contributed by atoms with Crippen molar-refractivity contribution in [2.75, 3.05) is 0 Å². The minimum atomic E-state index is -0.388. The minimum absolute atomic E-state index is 0.382. The number of fused-ring (bicyclic) bond motifs is 3. The molecule has 0 radical (unpaired) electrons. The van der Waals surface area contributed by atoms with Crippen LogP contribution < -0.4 is 10.9 Å². The average molecular weight is 700 g/mol. The van der Waals surface area contributed by atoms with E-state index in [4.69, 9.17) is 18.6 Å². The van der Waals surface area contributed by atoms with Crippen LogP contribution >= 0.6 is 0 Å². The lowest BCUT2D eigenvalue weighted by molar-refractivity contribution is 0.00578. The molecule has 0 N–H and O–H groups in total. The van der Waals surface area contributed by atoms with Crippen LogP contribution in [-0.4, -0.2) is 41.2 Å². The molecule has 0 amide bonds. The predicted molar refractivity (Wildman–Crippen MR) is 220 cm³/mol. The zero-order valence-corrected chi connectivity index (χ0v) is 34.3. The van der Waals surface area contributed by atoms with E-state index in [1.54, 1.807) is 0 Å². The van der Waals surface area contributed by atoms with Crippen molar-refractivity contribution in [3.63, 3.8) is 0 Å². The summed E-state index contributed by atoms with van der Waals surface area (Å²) >= 11 is 0. The lowest BCUT2D eigenvalue weighted by atomic mass is 9.78. The zero-order chi connectivity index (χ0) is 36.9. The molecule has 1 atom stereocenters. The van der Waals surface area contributed by atoms with Gasteiger partial charge in [-0.15, -0.1) is 0 Å². The van der Waals surface area contributed by atoms with E-state index in [1.165, 1.54) is 131 Å². The molecule has 2 aromatic carbocycles. The average Bonchev–Trinajstić information content (AvgIpc) is 3.60. The molecule has 5 nitrogen and oxygen atoms in total. The van der Waals surface area contributed by atoms with Gasteiger partial charge in [-0.3, -0.25) is 0 Å². The van der Waals surface area contributed by atoms with Gasteiger partial charge in [-0.1, -0.05) is 134 Å². The van der Waals surface area contributed by atoms with Gasteiger partial charge in [0.1, 0.15) is 0 Å². The van der Waals surface area contributed by atoms with Crippen LogP contribution in [0.1, 0.15) is 184 Å². The number of aromatic nitrogens is 1. The highest BCUT2D eigenvalue weighted by Gasteiger charge is 2.53. The monoisotopic (exact) mass is 700 g/mol. The molecular weight excluding hydrogens is 628 g/mol. The van der Waals surface area contributed by atoms with Crippen LogP contribution in [0, 0.1) is 0 Å². The van der Waals surface area contributed by atoms with E-state index in [2.05, 4.69) is 110 Å². The fourth-order valence-corrected chi connectivity index (χ4v) is 7.98. The van der Waals surface area contributed by atoms with Crippen molar-refractivity contribution in [1.82, 2.24) is 4.57 Å². The van der Waals surface area contributed by atoms with E-state index in [-0.39, 0.29) is 36.6 Å². The summed E-state index contributed by atoms with van der Waals surface area (Å²) in [4.78, 5) is 0. The van der Waals surface area contributed by atoms with Crippen molar-refractivity contribution in [3.8, 4) is 0 Å². The Morgan fingerprint density at radius 3 is 1.12 bits per heavy atom. The second-order valence-corrected chi connectivity index (χ2v) is 17.9. The van der Waals surface area contributed by atoms with Gasteiger partial charge < -0.3 is 23.2 Å². The number of unbranched alkanes of at least 4 members (excludes halogenated alkanes) is 13. The van der Waals surface area contributed by atoms with Gasteiger partial charge in [0.2, 0.25) is 0 Å². The molecule has 3 aromatic rings. The minimum Gasteiger partial charge on any atom is -0.399 e. The Morgan fingerprint density at radius 1 is 0.471 bits per heavy atom. The third-order valence-electron chi connectivity index (χ3n) is 12.8. The molecule has 1 unspecified atom stereocenters. The molecule has 282 valence electrons. The molecule has 3 heterocycles. The first-order valence-corrected chi connectivity index (χ1v) is 21.0.